The van der Waals surface area contributed by atoms with Crippen molar-refractivity contribution in [1.82, 2.24) is 0 Å². The van der Waals surface area contributed by atoms with Crippen molar-refractivity contribution in [1.29, 1.82) is 0 Å². The van der Waals surface area contributed by atoms with Gasteiger partial charge in [-0.1, -0.05) is 24.3 Å². The van der Waals surface area contributed by atoms with E-state index in [9.17, 15) is 0 Å². The zero-order valence-electron chi connectivity index (χ0n) is 6.95. The molecule has 1 aromatic heterocycles. The van der Waals surface area contributed by atoms with Gasteiger partial charge in [-0.05, 0) is 24.6 Å². The Morgan fingerprint density at radius 3 is 3.00 bits per heavy atom. The quantitative estimate of drug-likeness (QED) is 0.619. The Balaban J connectivity index is 2.60. The van der Waals surface area contributed by atoms with Crippen molar-refractivity contribution in [2.75, 3.05) is 0 Å². The summed E-state index contributed by atoms with van der Waals surface area (Å²) in [6.07, 6.45) is 5.79. The Morgan fingerprint density at radius 2 is 2.17 bits per heavy atom. The average Bonchev–Trinajstić information content (AvgIpc) is 2.51. The fourth-order valence-corrected chi connectivity index (χ4v) is 1.27. The number of rotatable bonds is 1. The Morgan fingerprint density at radius 1 is 1.25 bits per heavy atom. The molecule has 60 valence electrons. The van der Waals surface area contributed by atoms with Crippen LogP contribution in [0.25, 0.3) is 17.0 Å². The molecule has 0 aliphatic rings. The summed E-state index contributed by atoms with van der Waals surface area (Å²) < 4.78 is 5.27. The molecule has 0 spiro atoms. The molecule has 1 aromatic carbocycles. The number of fused-ring (bicyclic) bond motifs is 1. The van der Waals surface area contributed by atoms with E-state index < -0.39 is 0 Å². The molecule has 2 aromatic rings. The van der Waals surface area contributed by atoms with Gasteiger partial charge in [-0.25, -0.2) is 0 Å². The van der Waals surface area contributed by atoms with Crippen molar-refractivity contribution in [3.8, 4) is 0 Å². The van der Waals surface area contributed by atoms with E-state index in [2.05, 4.69) is 18.2 Å². The van der Waals surface area contributed by atoms with Crippen molar-refractivity contribution < 1.29 is 4.42 Å². The molecule has 1 heteroatoms. The molecule has 0 N–H and O–H groups in total. The fourth-order valence-electron chi connectivity index (χ4n) is 1.27. The third-order valence-corrected chi connectivity index (χ3v) is 1.84. The lowest BCUT2D eigenvalue weighted by Crippen LogP contribution is -1.69. The number of benzene rings is 1. The van der Waals surface area contributed by atoms with Gasteiger partial charge in [-0.2, -0.15) is 0 Å². The summed E-state index contributed by atoms with van der Waals surface area (Å²) in [6.45, 7) is 2.01. The summed E-state index contributed by atoms with van der Waals surface area (Å²) in [5.74, 6) is 0. The van der Waals surface area contributed by atoms with E-state index in [1.807, 2.05) is 25.1 Å². The monoisotopic (exact) mass is 158 g/mol. The van der Waals surface area contributed by atoms with E-state index in [-0.39, 0.29) is 0 Å². The first-order chi connectivity index (χ1) is 5.90. The van der Waals surface area contributed by atoms with Crippen LogP contribution in [0, 0.1) is 0 Å². The molecule has 0 saturated heterocycles. The first-order valence-corrected chi connectivity index (χ1v) is 4.00. The minimum atomic E-state index is 0.950. The van der Waals surface area contributed by atoms with Gasteiger partial charge in [0, 0.05) is 5.39 Å². The van der Waals surface area contributed by atoms with Crippen LogP contribution < -0.4 is 0 Å². The van der Waals surface area contributed by atoms with Gasteiger partial charge in [0.15, 0.2) is 0 Å². The number of furan rings is 1. The van der Waals surface area contributed by atoms with Gasteiger partial charge in [0.25, 0.3) is 0 Å². The zero-order chi connectivity index (χ0) is 8.39. The Bertz CT molecular complexity index is 410. The lowest BCUT2D eigenvalue weighted by molar-refractivity contribution is 0.616. The van der Waals surface area contributed by atoms with Crippen LogP contribution in [0.3, 0.4) is 0 Å². The SMILES string of the molecule is C/C=C/c1ccc2ccoc2c1. The fraction of sp³-hybridized carbons (Fsp3) is 0.0909. The average molecular weight is 158 g/mol. The molecule has 0 saturated carbocycles. The smallest absolute Gasteiger partial charge is 0.134 e. The maximum absolute atomic E-state index is 5.27. The van der Waals surface area contributed by atoms with Crippen LogP contribution >= 0.6 is 0 Å². The van der Waals surface area contributed by atoms with Gasteiger partial charge >= 0.3 is 0 Å². The Hall–Kier alpha value is -1.50. The second-order valence-corrected chi connectivity index (χ2v) is 2.72. The van der Waals surface area contributed by atoms with Crippen LogP contribution in [0.15, 0.2) is 41.0 Å². The molecule has 12 heavy (non-hydrogen) atoms. The minimum Gasteiger partial charge on any atom is -0.464 e. The second-order valence-electron chi connectivity index (χ2n) is 2.72. The summed E-state index contributed by atoms with van der Waals surface area (Å²) in [4.78, 5) is 0. The minimum absolute atomic E-state index is 0.950. The Kier molecular flexibility index (Phi) is 1.71. The molecule has 0 radical (unpaired) electrons. The molecule has 0 unspecified atom stereocenters. The lowest BCUT2D eigenvalue weighted by Gasteiger charge is -1.91. The summed E-state index contributed by atoms with van der Waals surface area (Å²) in [5.41, 5.74) is 2.13. The zero-order valence-corrected chi connectivity index (χ0v) is 6.95. The first kappa shape index (κ1) is 7.17. The highest BCUT2D eigenvalue weighted by atomic mass is 16.3. The highest BCUT2D eigenvalue weighted by Crippen LogP contribution is 2.17. The third kappa shape index (κ3) is 1.14. The molecule has 2 rings (SSSR count). The number of hydrogen-bond donors (Lipinski definition) is 0. The van der Waals surface area contributed by atoms with E-state index >= 15 is 0 Å². The summed E-state index contributed by atoms with van der Waals surface area (Å²) in [5, 5.41) is 1.16. The molecule has 0 fully saturated rings. The van der Waals surface area contributed by atoms with Gasteiger partial charge < -0.3 is 4.42 Å². The molecule has 0 aliphatic carbocycles. The van der Waals surface area contributed by atoms with Crippen molar-refractivity contribution in [3.05, 3.63) is 42.2 Å². The van der Waals surface area contributed by atoms with Crippen molar-refractivity contribution in [2.24, 2.45) is 0 Å². The number of allylic oxidation sites excluding steroid dienone is 1. The van der Waals surface area contributed by atoms with Crippen LogP contribution in [0.2, 0.25) is 0 Å². The maximum Gasteiger partial charge on any atom is 0.134 e. The van der Waals surface area contributed by atoms with Gasteiger partial charge in [0.2, 0.25) is 0 Å². The summed E-state index contributed by atoms with van der Waals surface area (Å²) >= 11 is 0. The van der Waals surface area contributed by atoms with Crippen molar-refractivity contribution >= 4 is 17.0 Å². The van der Waals surface area contributed by atoms with E-state index in [0.717, 1.165) is 11.0 Å². The van der Waals surface area contributed by atoms with Crippen LogP contribution in [-0.4, -0.2) is 0 Å². The molecule has 0 amide bonds. The van der Waals surface area contributed by atoms with Gasteiger partial charge in [0.05, 0.1) is 6.26 Å². The number of hydrogen-bond acceptors (Lipinski definition) is 1. The van der Waals surface area contributed by atoms with Crippen LogP contribution in [0.4, 0.5) is 0 Å². The molecular formula is C11H10O. The van der Waals surface area contributed by atoms with Crippen LogP contribution in [0.5, 0.6) is 0 Å². The van der Waals surface area contributed by atoms with Gasteiger partial charge in [-0.15, -0.1) is 0 Å². The standard InChI is InChI=1S/C11H10O/c1-2-3-9-4-5-10-6-7-12-11(10)8-9/h2-8H,1H3/b3-2+. The molecule has 1 nitrogen and oxygen atoms in total. The lowest BCUT2D eigenvalue weighted by atomic mass is 10.1. The van der Waals surface area contributed by atoms with E-state index in [0.29, 0.717) is 0 Å². The largest absolute Gasteiger partial charge is 0.464 e. The van der Waals surface area contributed by atoms with Gasteiger partial charge in [-0.3, -0.25) is 0 Å². The molecular weight excluding hydrogens is 148 g/mol. The second kappa shape index (κ2) is 2.86. The topological polar surface area (TPSA) is 13.1 Å². The van der Waals surface area contributed by atoms with Crippen molar-refractivity contribution in [3.63, 3.8) is 0 Å². The van der Waals surface area contributed by atoms with Crippen LogP contribution in [-0.2, 0) is 0 Å². The Labute approximate surface area is 71.3 Å². The highest BCUT2D eigenvalue weighted by molar-refractivity contribution is 5.79. The molecule has 1 heterocycles. The summed E-state index contributed by atoms with van der Waals surface area (Å²) in [6, 6.07) is 8.15. The first-order valence-electron chi connectivity index (χ1n) is 4.00. The van der Waals surface area contributed by atoms with E-state index in [4.69, 9.17) is 4.42 Å². The normalized spacial score (nSPS) is 11.4. The predicted octanol–water partition coefficient (Wildman–Crippen LogP) is 3.47. The highest BCUT2D eigenvalue weighted by Gasteiger charge is 1.95. The molecule has 0 aliphatic heterocycles. The third-order valence-electron chi connectivity index (χ3n) is 1.84. The molecule has 0 bridgehead atoms. The van der Waals surface area contributed by atoms with E-state index in [1.54, 1.807) is 6.26 Å². The maximum atomic E-state index is 5.27. The van der Waals surface area contributed by atoms with Crippen LogP contribution in [0.1, 0.15) is 12.5 Å². The van der Waals surface area contributed by atoms with Crippen molar-refractivity contribution in [2.45, 2.75) is 6.92 Å². The molecule has 0 atom stereocenters. The summed E-state index contributed by atoms with van der Waals surface area (Å²) in [7, 11) is 0. The van der Waals surface area contributed by atoms with Gasteiger partial charge in [0.1, 0.15) is 5.58 Å². The van der Waals surface area contributed by atoms with E-state index in [1.165, 1.54) is 5.56 Å². The predicted molar refractivity (Wildman–Crippen MR) is 50.9 cm³/mol.